The van der Waals surface area contributed by atoms with Crippen molar-refractivity contribution in [2.45, 2.75) is 21.8 Å². The van der Waals surface area contributed by atoms with Gasteiger partial charge in [-0.15, -0.1) is 0 Å². The van der Waals surface area contributed by atoms with E-state index in [2.05, 4.69) is 15.3 Å². The lowest BCUT2D eigenvalue weighted by atomic mass is 10.1. The van der Waals surface area contributed by atoms with Crippen LogP contribution in [0.2, 0.25) is 0 Å². The first-order valence-electron chi connectivity index (χ1n) is 8.73. The summed E-state index contributed by atoms with van der Waals surface area (Å²) in [4.78, 5) is 21.2. The van der Waals surface area contributed by atoms with Crippen LogP contribution in [0, 0.1) is 0 Å². The Morgan fingerprint density at radius 1 is 1.00 bits per heavy atom. The Morgan fingerprint density at radius 3 is 2.17 bits per heavy atom. The van der Waals surface area contributed by atoms with Crippen LogP contribution in [0.5, 0.6) is 0 Å². The molecule has 0 saturated heterocycles. The van der Waals surface area contributed by atoms with Crippen molar-refractivity contribution in [2.75, 3.05) is 11.5 Å². The first-order chi connectivity index (χ1) is 14.2. The number of nitrogens with two attached hydrogens (primary N) is 3. The number of hydrogen-bond acceptors (Lipinski definition) is 8. The van der Waals surface area contributed by atoms with Gasteiger partial charge in [0, 0.05) is 12.6 Å². The molecular formula is C19H20N6O3S2. The molecule has 1 aromatic heterocycles. The predicted molar refractivity (Wildman–Crippen MR) is 116 cm³/mol. The number of sulfonamides is 1. The van der Waals surface area contributed by atoms with Crippen molar-refractivity contribution in [3.05, 3.63) is 71.8 Å². The van der Waals surface area contributed by atoms with Crippen LogP contribution in [0.3, 0.4) is 0 Å². The summed E-state index contributed by atoms with van der Waals surface area (Å²) in [5.74, 6) is 0.158. The van der Waals surface area contributed by atoms with E-state index in [1.54, 1.807) is 12.1 Å². The number of carbonyl (C=O) groups excluding carboxylic acids is 1. The Labute approximate surface area is 178 Å². The van der Waals surface area contributed by atoms with Gasteiger partial charge in [0.15, 0.2) is 5.16 Å². The summed E-state index contributed by atoms with van der Waals surface area (Å²) in [6, 6.07) is 16.6. The molecule has 1 atom stereocenters. The number of nitrogen functional groups attached to an aromatic ring is 2. The molecule has 0 bridgehead atoms. The Morgan fingerprint density at radius 2 is 1.60 bits per heavy atom. The maximum atomic E-state index is 13.0. The number of benzene rings is 2. The Kier molecular flexibility index (Phi) is 6.55. The predicted octanol–water partition coefficient (Wildman–Crippen LogP) is 1.44. The van der Waals surface area contributed by atoms with E-state index in [1.165, 1.54) is 18.2 Å². The molecule has 0 fully saturated rings. The minimum absolute atomic E-state index is 0.00620. The molecule has 1 heterocycles. The molecule has 0 aliphatic carbocycles. The lowest BCUT2D eigenvalue weighted by Gasteiger charge is -2.16. The van der Waals surface area contributed by atoms with Gasteiger partial charge in [-0.25, -0.2) is 23.5 Å². The molecule has 7 N–H and O–H groups in total. The summed E-state index contributed by atoms with van der Waals surface area (Å²) in [6.45, 7) is 0.202. The van der Waals surface area contributed by atoms with Crippen molar-refractivity contribution < 1.29 is 13.2 Å². The highest BCUT2D eigenvalue weighted by Crippen LogP contribution is 2.34. The molecule has 11 heteroatoms. The summed E-state index contributed by atoms with van der Waals surface area (Å²) < 4.78 is 22.7. The van der Waals surface area contributed by atoms with E-state index in [4.69, 9.17) is 16.6 Å². The third-order valence-electron chi connectivity index (χ3n) is 4.03. The van der Waals surface area contributed by atoms with Crippen LogP contribution < -0.4 is 21.9 Å². The highest BCUT2D eigenvalue weighted by molar-refractivity contribution is 8.00. The van der Waals surface area contributed by atoms with E-state index in [0.717, 1.165) is 22.9 Å². The van der Waals surface area contributed by atoms with Gasteiger partial charge in [0.2, 0.25) is 15.9 Å². The number of rotatable bonds is 7. The van der Waals surface area contributed by atoms with Gasteiger partial charge >= 0.3 is 0 Å². The van der Waals surface area contributed by atoms with Crippen molar-refractivity contribution in [1.82, 2.24) is 15.3 Å². The first kappa shape index (κ1) is 21.6. The smallest absolute Gasteiger partial charge is 0.238 e. The van der Waals surface area contributed by atoms with Gasteiger partial charge in [-0.1, -0.05) is 54.2 Å². The van der Waals surface area contributed by atoms with Crippen LogP contribution in [0.1, 0.15) is 16.4 Å². The van der Waals surface area contributed by atoms with E-state index in [1.807, 2.05) is 30.3 Å². The zero-order valence-corrected chi connectivity index (χ0v) is 17.4. The van der Waals surface area contributed by atoms with Crippen molar-refractivity contribution >= 4 is 39.3 Å². The fourth-order valence-electron chi connectivity index (χ4n) is 2.60. The Balaban J connectivity index is 1.77. The summed E-state index contributed by atoms with van der Waals surface area (Å²) in [6.07, 6.45) is 0. The summed E-state index contributed by atoms with van der Waals surface area (Å²) in [5.41, 5.74) is 12.9. The Hall–Kier alpha value is -3.15. The minimum atomic E-state index is -3.77. The number of thioether (sulfide) groups is 1. The van der Waals surface area contributed by atoms with Crippen LogP contribution in [0.25, 0.3) is 0 Å². The highest BCUT2D eigenvalue weighted by atomic mass is 32.2. The van der Waals surface area contributed by atoms with Crippen LogP contribution >= 0.6 is 11.8 Å². The number of aromatic nitrogens is 2. The maximum Gasteiger partial charge on any atom is 0.238 e. The van der Waals surface area contributed by atoms with E-state index >= 15 is 0 Å². The molecule has 0 spiro atoms. The molecule has 3 rings (SSSR count). The first-order valence-corrected chi connectivity index (χ1v) is 11.2. The number of nitrogens with zero attached hydrogens (tertiary/aromatic N) is 2. The van der Waals surface area contributed by atoms with Gasteiger partial charge in [0.25, 0.3) is 0 Å². The van der Waals surface area contributed by atoms with Gasteiger partial charge in [-0.05, 0) is 23.3 Å². The van der Waals surface area contributed by atoms with E-state index in [9.17, 15) is 13.2 Å². The minimum Gasteiger partial charge on any atom is -0.383 e. The monoisotopic (exact) mass is 444 g/mol. The van der Waals surface area contributed by atoms with Gasteiger partial charge in [0.05, 0.1) is 4.90 Å². The van der Waals surface area contributed by atoms with Crippen LogP contribution in [-0.4, -0.2) is 24.3 Å². The number of primary sulfonamides is 1. The van der Waals surface area contributed by atoms with Crippen LogP contribution in [0.15, 0.2) is 70.7 Å². The standard InChI is InChI=1S/C19H20N6O3S2/c20-15-10-16(21)25-19(24-15)29-17(13-4-2-1-3-5-13)18(26)23-11-12-6-8-14(9-7-12)30(22,27)28/h1-10,17H,11H2,(H,23,26)(H2,22,27,28)(H4,20,21,24,25)/t17-/m1/s1. The SMILES string of the molecule is Nc1cc(N)nc(S[C@@H](C(=O)NCc2ccc(S(N)(=O)=O)cc2)c2ccccc2)n1. The average Bonchev–Trinajstić information content (AvgIpc) is 2.70. The molecule has 0 saturated carbocycles. The van der Waals surface area contributed by atoms with Gasteiger partial charge in [-0.3, -0.25) is 4.79 Å². The zero-order chi connectivity index (χ0) is 21.7. The van der Waals surface area contributed by atoms with Crippen molar-refractivity contribution in [1.29, 1.82) is 0 Å². The number of amides is 1. The van der Waals surface area contributed by atoms with Gasteiger partial charge in [-0.2, -0.15) is 0 Å². The lowest BCUT2D eigenvalue weighted by Crippen LogP contribution is -2.27. The lowest BCUT2D eigenvalue weighted by molar-refractivity contribution is -0.120. The second-order valence-corrected chi connectivity index (χ2v) is 8.95. The number of anilines is 2. The molecule has 0 radical (unpaired) electrons. The topological polar surface area (TPSA) is 167 Å². The van der Waals surface area contributed by atoms with Gasteiger partial charge < -0.3 is 16.8 Å². The molecule has 0 aliphatic heterocycles. The molecule has 3 aromatic rings. The van der Waals surface area contributed by atoms with E-state index in [-0.39, 0.29) is 34.1 Å². The van der Waals surface area contributed by atoms with Gasteiger partial charge in [0.1, 0.15) is 16.9 Å². The molecule has 30 heavy (non-hydrogen) atoms. The number of hydrogen-bond donors (Lipinski definition) is 4. The second kappa shape index (κ2) is 9.11. The zero-order valence-electron chi connectivity index (χ0n) is 15.7. The van der Waals surface area contributed by atoms with E-state index in [0.29, 0.717) is 0 Å². The average molecular weight is 445 g/mol. The Bertz CT molecular complexity index is 1120. The molecule has 0 aliphatic rings. The molecule has 2 aromatic carbocycles. The molecular weight excluding hydrogens is 424 g/mol. The van der Waals surface area contributed by atoms with Crippen molar-refractivity contribution in [3.63, 3.8) is 0 Å². The van der Waals surface area contributed by atoms with Crippen molar-refractivity contribution in [3.8, 4) is 0 Å². The molecule has 9 nitrogen and oxygen atoms in total. The molecule has 1 amide bonds. The summed E-state index contributed by atoms with van der Waals surface area (Å²) in [5, 5.41) is 7.59. The highest BCUT2D eigenvalue weighted by Gasteiger charge is 2.23. The summed E-state index contributed by atoms with van der Waals surface area (Å²) in [7, 11) is -3.77. The number of nitrogens with one attached hydrogen (secondary N) is 1. The number of carbonyl (C=O) groups is 1. The maximum absolute atomic E-state index is 13.0. The third-order valence-corrected chi connectivity index (χ3v) is 6.07. The second-order valence-electron chi connectivity index (χ2n) is 6.32. The largest absolute Gasteiger partial charge is 0.383 e. The quantitative estimate of drug-likeness (QED) is 0.313. The molecule has 156 valence electrons. The summed E-state index contributed by atoms with van der Waals surface area (Å²) >= 11 is 1.13. The fourth-order valence-corrected chi connectivity index (χ4v) is 4.13. The fraction of sp³-hybridized carbons (Fsp3) is 0.105. The normalized spacial score (nSPS) is 12.3. The van der Waals surface area contributed by atoms with E-state index < -0.39 is 15.3 Å². The van der Waals surface area contributed by atoms with Crippen LogP contribution in [0.4, 0.5) is 11.6 Å². The molecule has 0 unspecified atom stereocenters. The third kappa shape index (κ3) is 5.69. The van der Waals surface area contributed by atoms with Crippen molar-refractivity contribution in [2.24, 2.45) is 5.14 Å². The van der Waals surface area contributed by atoms with Crippen LogP contribution in [-0.2, 0) is 21.4 Å².